The third kappa shape index (κ3) is 8.83. The Balaban J connectivity index is 1.36. The second-order valence-electron chi connectivity index (χ2n) is 10.0. The lowest BCUT2D eigenvalue weighted by molar-refractivity contribution is -0.129. The minimum atomic E-state index is -0.667. The van der Waals surface area contributed by atoms with Crippen molar-refractivity contribution in [2.75, 3.05) is 5.32 Å². The van der Waals surface area contributed by atoms with Gasteiger partial charge in [-0.3, -0.25) is 9.59 Å². The molecule has 0 aliphatic rings. The lowest BCUT2D eigenvalue weighted by Gasteiger charge is -2.08. The van der Waals surface area contributed by atoms with Crippen LogP contribution in [0.2, 0.25) is 0 Å². The summed E-state index contributed by atoms with van der Waals surface area (Å²) in [4.78, 5) is 49.6. The van der Waals surface area contributed by atoms with Crippen LogP contribution in [0, 0.1) is 12.8 Å². The second kappa shape index (κ2) is 14.9. The number of nitrogens with zero attached hydrogens (tertiary/aromatic N) is 1. The van der Waals surface area contributed by atoms with Crippen molar-refractivity contribution in [2.24, 2.45) is 11.0 Å². The number of carbonyl (C=O) groups is 4. The van der Waals surface area contributed by atoms with Gasteiger partial charge >= 0.3 is 11.9 Å². The van der Waals surface area contributed by atoms with Gasteiger partial charge in [-0.2, -0.15) is 5.10 Å². The Kier molecular flexibility index (Phi) is 10.5. The molecule has 4 aromatic carbocycles. The van der Waals surface area contributed by atoms with E-state index in [2.05, 4.69) is 15.8 Å². The van der Waals surface area contributed by atoms with Crippen molar-refractivity contribution in [3.05, 3.63) is 131 Å². The van der Waals surface area contributed by atoms with Crippen molar-refractivity contribution in [1.29, 1.82) is 0 Å². The fraction of sp³-hybridized carbons (Fsp3) is 0.114. The van der Waals surface area contributed by atoms with Crippen LogP contribution in [0.1, 0.15) is 51.3 Å². The largest absolute Gasteiger partial charge is 0.423 e. The molecule has 0 aliphatic heterocycles. The number of carbonyl (C=O) groups excluding carboxylic acids is 4. The minimum Gasteiger partial charge on any atom is -0.423 e. The minimum absolute atomic E-state index is 0.120. The number of esters is 2. The fourth-order valence-electron chi connectivity index (χ4n) is 3.84. The number of benzene rings is 4. The molecule has 0 radical (unpaired) electrons. The number of hydrogen-bond acceptors (Lipinski definition) is 7. The summed E-state index contributed by atoms with van der Waals surface area (Å²) in [6, 6.07) is 27.0. The molecule has 0 spiro atoms. The zero-order chi connectivity index (χ0) is 31.5. The van der Waals surface area contributed by atoms with E-state index in [0.29, 0.717) is 33.7 Å². The van der Waals surface area contributed by atoms with Crippen LogP contribution in [0.5, 0.6) is 11.5 Å². The summed E-state index contributed by atoms with van der Waals surface area (Å²) in [5.74, 6) is -1.40. The number of hydrazone groups is 1. The van der Waals surface area contributed by atoms with Crippen LogP contribution in [0.3, 0.4) is 0 Å². The average Bonchev–Trinajstić information content (AvgIpc) is 3.01. The molecule has 0 atom stereocenters. The van der Waals surface area contributed by atoms with Gasteiger partial charge in [-0.15, -0.1) is 0 Å². The van der Waals surface area contributed by atoms with Gasteiger partial charge in [-0.1, -0.05) is 61.9 Å². The van der Waals surface area contributed by atoms with Gasteiger partial charge in [-0.25, -0.2) is 15.0 Å². The van der Waals surface area contributed by atoms with Crippen LogP contribution in [-0.2, 0) is 9.59 Å². The first-order valence-electron chi connectivity index (χ1n) is 13.8. The van der Waals surface area contributed by atoms with Gasteiger partial charge in [0, 0.05) is 34.4 Å². The molecule has 0 heterocycles. The van der Waals surface area contributed by atoms with E-state index in [9.17, 15) is 19.2 Å². The first kappa shape index (κ1) is 31.1. The van der Waals surface area contributed by atoms with E-state index in [-0.39, 0.29) is 17.6 Å². The standard InChI is InChI=1S/C35H31N3O6/c1-23(2)33(40)37-29-18-15-26(16-19-29)34(41)38-36-22-28-11-5-7-14-31(28)43-32(39)20-17-25-10-4-6-13-30(25)44-35(42)27-12-8-9-24(3)21-27/h4-23H,1-3H3,(H,37,40)(H,38,41)/b20-17+,36-22+. The Hall–Kier alpha value is -5.83. The van der Waals surface area contributed by atoms with Crippen LogP contribution in [0.4, 0.5) is 5.69 Å². The molecule has 0 bridgehead atoms. The van der Waals surface area contributed by atoms with E-state index in [1.807, 2.05) is 13.0 Å². The zero-order valence-electron chi connectivity index (χ0n) is 24.4. The molecule has 2 N–H and O–H groups in total. The average molecular weight is 590 g/mol. The molecule has 0 fully saturated rings. The van der Waals surface area contributed by atoms with Crippen LogP contribution in [0.15, 0.2) is 108 Å². The first-order chi connectivity index (χ1) is 21.2. The third-order valence-electron chi connectivity index (χ3n) is 6.21. The lowest BCUT2D eigenvalue weighted by Crippen LogP contribution is -2.19. The van der Waals surface area contributed by atoms with Gasteiger partial charge in [0.05, 0.1) is 11.8 Å². The van der Waals surface area contributed by atoms with Gasteiger partial charge in [0.1, 0.15) is 11.5 Å². The summed E-state index contributed by atoms with van der Waals surface area (Å²) < 4.78 is 11.1. The summed E-state index contributed by atoms with van der Waals surface area (Å²) in [7, 11) is 0. The molecular formula is C35H31N3O6. The van der Waals surface area contributed by atoms with Crippen molar-refractivity contribution in [3.8, 4) is 11.5 Å². The molecule has 0 aromatic heterocycles. The molecule has 9 nitrogen and oxygen atoms in total. The number of para-hydroxylation sites is 2. The first-order valence-corrected chi connectivity index (χ1v) is 13.8. The topological polar surface area (TPSA) is 123 Å². The number of anilines is 1. The highest BCUT2D eigenvalue weighted by atomic mass is 16.5. The Morgan fingerprint density at radius 1 is 0.750 bits per heavy atom. The zero-order valence-corrected chi connectivity index (χ0v) is 24.4. The van der Waals surface area contributed by atoms with Crippen molar-refractivity contribution in [1.82, 2.24) is 5.43 Å². The Morgan fingerprint density at radius 2 is 1.41 bits per heavy atom. The van der Waals surface area contributed by atoms with Gasteiger partial charge in [0.15, 0.2) is 0 Å². The second-order valence-corrected chi connectivity index (χ2v) is 10.0. The SMILES string of the molecule is Cc1cccc(C(=O)Oc2ccccc2/C=C/C(=O)Oc2ccccc2/C=N/NC(=O)c2ccc(NC(=O)C(C)C)cc2)c1. The van der Waals surface area contributed by atoms with Crippen molar-refractivity contribution in [2.45, 2.75) is 20.8 Å². The lowest BCUT2D eigenvalue weighted by atomic mass is 10.1. The fourth-order valence-corrected chi connectivity index (χ4v) is 3.84. The molecule has 222 valence electrons. The summed E-state index contributed by atoms with van der Waals surface area (Å²) in [5.41, 5.74) is 5.68. The van der Waals surface area contributed by atoms with Gasteiger partial charge in [0.25, 0.3) is 5.91 Å². The van der Waals surface area contributed by atoms with Crippen LogP contribution >= 0.6 is 0 Å². The van der Waals surface area contributed by atoms with E-state index in [4.69, 9.17) is 9.47 Å². The number of rotatable bonds is 10. The number of amides is 2. The molecule has 0 unspecified atom stereocenters. The molecule has 4 rings (SSSR count). The molecule has 9 heteroatoms. The summed E-state index contributed by atoms with van der Waals surface area (Å²) in [6.45, 7) is 5.47. The third-order valence-corrected chi connectivity index (χ3v) is 6.21. The van der Waals surface area contributed by atoms with Gasteiger partial charge in [0.2, 0.25) is 5.91 Å². The van der Waals surface area contributed by atoms with Gasteiger partial charge < -0.3 is 14.8 Å². The highest BCUT2D eigenvalue weighted by Gasteiger charge is 2.12. The number of hydrogen-bond donors (Lipinski definition) is 2. The van der Waals surface area contributed by atoms with Crippen LogP contribution < -0.4 is 20.2 Å². The van der Waals surface area contributed by atoms with E-state index >= 15 is 0 Å². The molecule has 0 aliphatic carbocycles. The molecule has 4 aromatic rings. The smallest absolute Gasteiger partial charge is 0.343 e. The quantitative estimate of drug-likeness (QED) is 0.0748. The van der Waals surface area contributed by atoms with E-state index in [1.165, 1.54) is 18.4 Å². The maximum atomic E-state index is 12.7. The summed E-state index contributed by atoms with van der Waals surface area (Å²) in [5, 5.41) is 6.75. The van der Waals surface area contributed by atoms with E-state index in [0.717, 1.165) is 5.56 Å². The highest BCUT2D eigenvalue weighted by Crippen LogP contribution is 2.22. The van der Waals surface area contributed by atoms with Crippen LogP contribution in [0.25, 0.3) is 6.08 Å². The Labute approximate surface area is 255 Å². The maximum absolute atomic E-state index is 12.7. The highest BCUT2D eigenvalue weighted by molar-refractivity contribution is 5.97. The van der Waals surface area contributed by atoms with E-state index < -0.39 is 17.8 Å². The molecule has 44 heavy (non-hydrogen) atoms. The number of aryl methyl sites for hydroxylation is 1. The monoisotopic (exact) mass is 589 g/mol. The maximum Gasteiger partial charge on any atom is 0.343 e. The van der Waals surface area contributed by atoms with E-state index in [1.54, 1.807) is 105 Å². The van der Waals surface area contributed by atoms with Crippen LogP contribution in [-0.4, -0.2) is 30.0 Å². The Bertz CT molecular complexity index is 1720. The van der Waals surface area contributed by atoms with Gasteiger partial charge in [-0.05, 0) is 67.6 Å². The van der Waals surface area contributed by atoms with Crippen molar-refractivity contribution < 1.29 is 28.7 Å². The molecule has 0 saturated heterocycles. The summed E-state index contributed by atoms with van der Waals surface area (Å²) >= 11 is 0. The van der Waals surface area contributed by atoms with Crippen molar-refractivity contribution >= 4 is 41.7 Å². The summed E-state index contributed by atoms with van der Waals surface area (Å²) in [6.07, 6.45) is 4.08. The molecule has 2 amide bonds. The number of nitrogens with one attached hydrogen (secondary N) is 2. The predicted octanol–water partition coefficient (Wildman–Crippen LogP) is 6.19. The van der Waals surface area contributed by atoms with Crippen molar-refractivity contribution in [3.63, 3.8) is 0 Å². The molecule has 0 saturated carbocycles. The predicted molar refractivity (Wildman–Crippen MR) is 169 cm³/mol. The molecular weight excluding hydrogens is 558 g/mol. The Morgan fingerprint density at radius 3 is 2.09 bits per heavy atom. The normalized spacial score (nSPS) is 11.0. The number of ether oxygens (including phenoxy) is 2.